The van der Waals surface area contributed by atoms with Gasteiger partial charge in [-0.2, -0.15) is 5.10 Å². The summed E-state index contributed by atoms with van der Waals surface area (Å²) in [6.07, 6.45) is 3.86. The van der Waals surface area contributed by atoms with Gasteiger partial charge >= 0.3 is 6.03 Å². The quantitative estimate of drug-likeness (QED) is 0.535. The SMILES string of the molecule is CCc1cc(/C=N/NC(N)=O)co1. The molecule has 0 spiro atoms. The summed E-state index contributed by atoms with van der Waals surface area (Å²) >= 11 is 0. The van der Waals surface area contributed by atoms with Crippen molar-refractivity contribution in [3.63, 3.8) is 0 Å². The Morgan fingerprint density at radius 2 is 2.62 bits per heavy atom. The van der Waals surface area contributed by atoms with Crippen LogP contribution in [-0.4, -0.2) is 12.2 Å². The molecule has 3 N–H and O–H groups in total. The van der Waals surface area contributed by atoms with E-state index >= 15 is 0 Å². The van der Waals surface area contributed by atoms with E-state index in [0.717, 1.165) is 17.7 Å². The minimum Gasteiger partial charge on any atom is -0.469 e. The maximum absolute atomic E-state index is 10.2. The number of nitrogens with one attached hydrogen (secondary N) is 1. The van der Waals surface area contributed by atoms with Crippen molar-refractivity contribution in [1.29, 1.82) is 0 Å². The largest absolute Gasteiger partial charge is 0.469 e. The summed E-state index contributed by atoms with van der Waals surface area (Å²) in [6.45, 7) is 1.99. The van der Waals surface area contributed by atoms with Crippen LogP contribution in [0.1, 0.15) is 18.2 Å². The first-order valence-corrected chi connectivity index (χ1v) is 3.88. The number of urea groups is 1. The van der Waals surface area contributed by atoms with Gasteiger partial charge in [0.25, 0.3) is 0 Å². The molecule has 0 radical (unpaired) electrons. The lowest BCUT2D eigenvalue weighted by Crippen LogP contribution is -2.24. The molecule has 0 aromatic carbocycles. The van der Waals surface area contributed by atoms with Gasteiger partial charge in [-0.15, -0.1) is 0 Å². The predicted octanol–water partition coefficient (Wildman–Crippen LogP) is 0.844. The van der Waals surface area contributed by atoms with E-state index in [0.29, 0.717) is 0 Å². The molecule has 5 nitrogen and oxygen atoms in total. The van der Waals surface area contributed by atoms with E-state index in [2.05, 4.69) is 10.5 Å². The normalized spacial score (nSPS) is 10.5. The molecule has 0 fully saturated rings. The molecule has 0 saturated carbocycles. The van der Waals surface area contributed by atoms with Crippen molar-refractivity contribution < 1.29 is 9.21 Å². The second-order valence-electron chi connectivity index (χ2n) is 2.43. The number of hydrogen-bond acceptors (Lipinski definition) is 3. The topological polar surface area (TPSA) is 80.6 Å². The molecule has 0 aliphatic heterocycles. The summed E-state index contributed by atoms with van der Waals surface area (Å²) in [5, 5.41) is 3.58. The number of nitrogens with zero attached hydrogens (tertiary/aromatic N) is 1. The first-order valence-electron chi connectivity index (χ1n) is 3.88. The van der Waals surface area contributed by atoms with Gasteiger partial charge in [-0.1, -0.05) is 6.92 Å². The third kappa shape index (κ3) is 2.98. The highest BCUT2D eigenvalue weighted by molar-refractivity contribution is 5.81. The summed E-state index contributed by atoms with van der Waals surface area (Å²) in [5.74, 6) is 0.875. The molecule has 70 valence electrons. The summed E-state index contributed by atoms with van der Waals surface area (Å²) in [7, 11) is 0. The fourth-order valence-electron chi connectivity index (χ4n) is 0.821. The molecular formula is C8H11N3O2. The highest BCUT2D eigenvalue weighted by Gasteiger charge is 1.96. The molecule has 1 rings (SSSR count). The van der Waals surface area contributed by atoms with Gasteiger partial charge in [0.15, 0.2) is 0 Å². The number of nitrogens with two attached hydrogens (primary N) is 1. The zero-order valence-corrected chi connectivity index (χ0v) is 7.28. The summed E-state index contributed by atoms with van der Waals surface area (Å²) in [5.41, 5.74) is 7.69. The van der Waals surface area contributed by atoms with Crippen molar-refractivity contribution in [2.45, 2.75) is 13.3 Å². The highest BCUT2D eigenvalue weighted by Crippen LogP contribution is 2.05. The van der Waals surface area contributed by atoms with Crippen molar-refractivity contribution >= 4 is 12.2 Å². The van der Waals surface area contributed by atoms with Crippen LogP contribution < -0.4 is 11.2 Å². The summed E-state index contributed by atoms with van der Waals surface area (Å²) in [4.78, 5) is 10.2. The Morgan fingerprint density at radius 3 is 3.15 bits per heavy atom. The zero-order chi connectivity index (χ0) is 9.68. The fraction of sp³-hybridized carbons (Fsp3) is 0.250. The van der Waals surface area contributed by atoms with Gasteiger partial charge in [0.05, 0.1) is 12.5 Å². The molecule has 0 atom stereocenters. The average Bonchev–Trinajstić information content (AvgIpc) is 2.52. The molecule has 0 aliphatic rings. The Kier molecular flexibility index (Phi) is 3.08. The van der Waals surface area contributed by atoms with E-state index in [1.165, 1.54) is 6.21 Å². The van der Waals surface area contributed by atoms with Crippen LogP contribution in [0.25, 0.3) is 0 Å². The van der Waals surface area contributed by atoms with Crippen LogP contribution in [0.4, 0.5) is 4.79 Å². The molecule has 0 aliphatic carbocycles. The summed E-state index contributed by atoms with van der Waals surface area (Å²) in [6, 6.07) is 1.15. The lowest BCUT2D eigenvalue weighted by atomic mass is 10.3. The third-order valence-corrected chi connectivity index (χ3v) is 1.41. The van der Waals surface area contributed by atoms with E-state index in [4.69, 9.17) is 10.2 Å². The second kappa shape index (κ2) is 4.30. The van der Waals surface area contributed by atoms with E-state index in [1.807, 2.05) is 13.0 Å². The van der Waals surface area contributed by atoms with Crippen molar-refractivity contribution in [3.05, 3.63) is 23.7 Å². The Hall–Kier alpha value is -1.78. The van der Waals surface area contributed by atoms with Gasteiger partial charge in [0.2, 0.25) is 0 Å². The van der Waals surface area contributed by atoms with Gasteiger partial charge in [0.1, 0.15) is 5.76 Å². The number of rotatable bonds is 3. The number of carbonyl (C=O) groups is 1. The molecule has 2 amide bonds. The van der Waals surface area contributed by atoms with Crippen molar-refractivity contribution in [1.82, 2.24) is 5.43 Å². The van der Waals surface area contributed by atoms with E-state index < -0.39 is 6.03 Å². The minimum absolute atomic E-state index is 0.685. The smallest absolute Gasteiger partial charge is 0.332 e. The molecule has 0 unspecified atom stereocenters. The predicted molar refractivity (Wildman–Crippen MR) is 48.4 cm³/mol. The Balaban J connectivity index is 2.53. The highest BCUT2D eigenvalue weighted by atomic mass is 16.3. The van der Waals surface area contributed by atoms with Gasteiger partial charge < -0.3 is 10.2 Å². The van der Waals surface area contributed by atoms with Crippen LogP contribution >= 0.6 is 0 Å². The molecule has 1 heterocycles. The van der Waals surface area contributed by atoms with E-state index in [-0.39, 0.29) is 0 Å². The van der Waals surface area contributed by atoms with Crippen molar-refractivity contribution in [2.75, 3.05) is 0 Å². The van der Waals surface area contributed by atoms with Crippen LogP contribution in [0.15, 0.2) is 21.8 Å². The molecular weight excluding hydrogens is 170 g/mol. The van der Waals surface area contributed by atoms with Crippen LogP contribution in [0.3, 0.4) is 0 Å². The van der Waals surface area contributed by atoms with Gasteiger partial charge in [-0.3, -0.25) is 0 Å². The molecule has 0 saturated heterocycles. The van der Waals surface area contributed by atoms with Gasteiger partial charge in [-0.05, 0) is 6.07 Å². The minimum atomic E-state index is -0.685. The lowest BCUT2D eigenvalue weighted by Gasteiger charge is -1.87. The zero-order valence-electron chi connectivity index (χ0n) is 7.28. The van der Waals surface area contributed by atoms with E-state index in [9.17, 15) is 4.79 Å². The molecule has 0 bridgehead atoms. The average molecular weight is 181 g/mol. The molecule has 1 aromatic rings. The van der Waals surface area contributed by atoms with Crippen LogP contribution in [-0.2, 0) is 6.42 Å². The first kappa shape index (κ1) is 9.31. The number of carbonyl (C=O) groups excluding carboxylic acids is 1. The maximum atomic E-state index is 10.2. The molecule has 5 heteroatoms. The standard InChI is InChI=1S/C8H11N3O2/c1-2-7-3-6(5-13-7)4-10-11-8(9)12/h3-5H,2H2,1H3,(H3,9,11,12)/b10-4+. The summed E-state index contributed by atoms with van der Waals surface area (Å²) < 4.78 is 5.14. The van der Waals surface area contributed by atoms with Crippen LogP contribution in [0.5, 0.6) is 0 Å². The number of aryl methyl sites for hydroxylation is 1. The Labute approximate surface area is 75.6 Å². The van der Waals surface area contributed by atoms with Crippen molar-refractivity contribution in [2.24, 2.45) is 10.8 Å². The second-order valence-corrected chi connectivity index (χ2v) is 2.43. The van der Waals surface area contributed by atoms with Crippen LogP contribution in [0, 0.1) is 0 Å². The fourth-order valence-corrected chi connectivity index (χ4v) is 0.821. The molecule has 13 heavy (non-hydrogen) atoms. The Bertz CT molecular complexity index is 317. The number of amides is 2. The monoisotopic (exact) mass is 181 g/mol. The lowest BCUT2D eigenvalue weighted by molar-refractivity contribution is 0.249. The third-order valence-electron chi connectivity index (χ3n) is 1.41. The number of furan rings is 1. The number of hydrazone groups is 1. The number of primary amides is 1. The number of hydrogen-bond donors (Lipinski definition) is 2. The maximum Gasteiger partial charge on any atom is 0.332 e. The van der Waals surface area contributed by atoms with Gasteiger partial charge in [-0.25, -0.2) is 10.2 Å². The first-order chi connectivity index (χ1) is 6.22. The van der Waals surface area contributed by atoms with Crippen molar-refractivity contribution in [3.8, 4) is 0 Å². The molecule has 1 aromatic heterocycles. The Morgan fingerprint density at radius 1 is 1.85 bits per heavy atom. The van der Waals surface area contributed by atoms with E-state index in [1.54, 1.807) is 6.26 Å². The van der Waals surface area contributed by atoms with Crippen LogP contribution in [0.2, 0.25) is 0 Å². The van der Waals surface area contributed by atoms with Gasteiger partial charge in [0, 0.05) is 12.0 Å².